The van der Waals surface area contributed by atoms with Crippen LogP contribution in [0.5, 0.6) is 0 Å². The molecule has 0 aliphatic rings. The maximum Gasteiger partial charge on any atom is 0.130 e. The summed E-state index contributed by atoms with van der Waals surface area (Å²) < 4.78 is 0. The Morgan fingerprint density at radius 1 is 1.57 bits per heavy atom. The molecular weight excluding hydrogens is 178 g/mol. The molecule has 0 atom stereocenters. The van der Waals surface area contributed by atoms with Crippen molar-refractivity contribution in [3.63, 3.8) is 0 Å². The van der Waals surface area contributed by atoms with E-state index in [9.17, 15) is 0 Å². The number of aliphatic hydroxyl groups excluding tert-OH is 1. The highest BCUT2D eigenvalue weighted by molar-refractivity contribution is 5.50. The van der Waals surface area contributed by atoms with Crippen LogP contribution in [0.25, 0.3) is 0 Å². The van der Waals surface area contributed by atoms with Crippen molar-refractivity contribution < 1.29 is 5.11 Å². The minimum absolute atomic E-state index is 0.207. The van der Waals surface area contributed by atoms with E-state index < -0.39 is 0 Å². The topological polar surface area (TPSA) is 62.4 Å². The molecule has 0 aromatic carbocycles. The van der Waals surface area contributed by atoms with Gasteiger partial charge in [0, 0.05) is 37.6 Å². The van der Waals surface area contributed by atoms with Gasteiger partial charge in [-0.1, -0.05) is 0 Å². The van der Waals surface area contributed by atoms with E-state index in [2.05, 4.69) is 16.8 Å². The molecule has 1 aromatic heterocycles. The van der Waals surface area contributed by atoms with Crippen LogP contribution in [-0.2, 0) is 0 Å². The highest BCUT2D eigenvalue weighted by atomic mass is 16.3. The van der Waals surface area contributed by atoms with Crippen LogP contribution in [0.4, 0.5) is 11.5 Å². The summed E-state index contributed by atoms with van der Waals surface area (Å²) in [5.74, 6) is 0.876. The quantitative estimate of drug-likeness (QED) is 0.732. The third-order valence-corrected chi connectivity index (χ3v) is 2.06. The summed E-state index contributed by atoms with van der Waals surface area (Å²) in [6.07, 6.45) is 2.45. The fraction of sp³-hybridized carbons (Fsp3) is 0.500. The van der Waals surface area contributed by atoms with Crippen LogP contribution in [0.3, 0.4) is 0 Å². The van der Waals surface area contributed by atoms with Crippen molar-refractivity contribution in [3.8, 4) is 0 Å². The lowest BCUT2D eigenvalue weighted by molar-refractivity contribution is 0.289. The molecule has 1 rings (SSSR count). The molecule has 1 heterocycles. The summed E-state index contributed by atoms with van der Waals surface area (Å²) in [7, 11) is 0. The maximum atomic E-state index is 8.74. The zero-order valence-electron chi connectivity index (χ0n) is 8.48. The van der Waals surface area contributed by atoms with Gasteiger partial charge in [-0.2, -0.15) is 0 Å². The van der Waals surface area contributed by atoms with E-state index in [1.807, 2.05) is 6.07 Å². The van der Waals surface area contributed by atoms with E-state index in [1.54, 1.807) is 12.3 Å². The summed E-state index contributed by atoms with van der Waals surface area (Å²) in [6.45, 7) is 3.95. The van der Waals surface area contributed by atoms with Crippen LogP contribution in [0.1, 0.15) is 13.3 Å². The summed E-state index contributed by atoms with van der Waals surface area (Å²) in [6, 6.07) is 3.62. The summed E-state index contributed by atoms with van der Waals surface area (Å²) in [5, 5.41) is 8.74. The maximum absolute atomic E-state index is 8.74. The molecule has 3 N–H and O–H groups in total. The first kappa shape index (κ1) is 10.8. The predicted molar refractivity (Wildman–Crippen MR) is 58.2 cm³/mol. The lowest BCUT2D eigenvalue weighted by atomic mass is 10.3. The monoisotopic (exact) mass is 195 g/mol. The first-order valence-electron chi connectivity index (χ1n) is 4.85. The van der Waals surface area contributed by atoms with E-state index in [0.29, 0.717) is 0 Å². The number of hydrogen-bond donors (Lipinski definition) is 2. The summed E-state index contributed by atoms with van der Waals surface area (Å²) in [5.41, 5.74) is 6.38. The van der Waals surface area contributed by atoms with Gasteiger partial charge in [0.2, 0.25) is 0 Å². The van der Waals surface area contributed by atoms with E-state index in [0.717, 1.165) is 31.0 Å². The molecule has 0 spiro atoms. The SMILES string of the molecule is CCN(CCCO)c1cc(N)ccn1. The Hall–Kier alpha value is -1.29. The summed E-state index contributed by atoms with van der Waals surface area (Å²) in [4.78, 5) is 6.32. The molecule has 78 valence electrons. The number of pyridine rings is 1. The second-order valence-electron chi connectivity index (χ2n) is 3.10. The van der Waals surface area contributed by atoms with E-state index in [-0.39, 0.29) is 6.61 Å². The van der Waals surface area contributed by atoms with Gasteiger partial charge < -0.3 is 15.7 Å². The number of nitrogen functional groups attached to an aromatic ring is 1. The number of aliphatic hydroxyl groups is 1. The number of nitrogens with zero attached hydrogens (tertiary/aromatic N) is 2. The van der Waals surface area contributed by atoms with Gasteiger partial charge in [-0.15, -0.1) is 0 Å². The molecule has 0 bridgehead atoms. The number of anilines is 2. The molecule has 0 radical (unpaired) electrons. The number of hydrogen-bond acceptors (Lipinski definition) is 4. The van der Waals surface area contributed by atoms with Crippen molar-refractivity contribution in [2.75, 3.05) is 30.3 Å². The van der Waals surface area contributed by atoms with Gasteiger partial charge >= 0.3 is 0 Å². The lowest BCUT2D eigenvalue weighted by Crippen LogP contribution is -2.25. The first-order valence-corrected chi connectivity index (χ1v) is 4.85. The molecule has 4 nitrogen and oxygen atoms in total. The Morgan fingerprint density at radius 2 is 2.36 bits per heavy atom. The van der Waals surface area contributed by atoms with Gasteiger partial charge in [0.15, 0.2) is 0 Å². The fourth-order valence-corrected chi connectivity index (χ4v) is 1.30. The van der Waals surface area contributed by atoms with Crippen molar-refractivity contribution in [1.29, 1.82) is 0 Å². The largest absolute Gasteiger partial charge is 0.399 e. The predicted octanol–water partition coefficient (Wildman–Crippen LogP) is 0.873. The van der Waals surface area contributed by atoms with Crippen molar-refractivity contribution in [2.24, 2.45) is 0 Å². The normalized spacial score (nSPS) is 10.1. The van der Waals surface area contributed by atoms with Gasteiger partial charge in [0.05, 0.1) is 0 Å². The fourth-order valence-electron chi connectivity index (χ4n) is 1.30. The molecule has 0 amide bonds. The Labute approximate surface area is 84.4 Å². The van der Waals surface area contributed by atoms with Gasteiger partial charge in [0.1, 0.15) is 5.82 Å². The third-order valence-electron chi connectivity index (χ3n) is 2.06. The highest BCUT2D eigenvalue weighted by Crippen LogP contribution is 2.13. The molecule has 14 heavy (non-hydrogen) atoms. The van der Waals surface area contributed by atoms with Crippen molar-refractivity contribution in [2.45, 2.75) is 13.3 Å². The zero-order valence-corrected chi connectivity index (χ0v) is 8.48. The Bertz CT molecular complexity index is 278. The minimum Gasteiger partial charge on any atom is -0.399 e. The van der Waals surface area contributed by atoms with Crippen LogP contribution in [0, 0.1) is 0 Å². The van der Waals surface area contributed by atoms with Gasteiger partial charge in [-0.25, -0.2) is 4.98 Å². The smallest absolute Gasteiger partial charge is 0.130 e. The molecular formula is C10H17N3O. The molecule has 1 aromatic rings. The van der Waals surface area contributed by atoms with Crippen LogP contribution in [0.15, 0.2) is 18.3 Å². The number of aromatic nitrogens is 1. The zero-order chi connectivity index (χ0) is 10.4. The van der Waals surface area contributed by atoms with E-state index >= 15 is 0 Å². The van der Waals surface area contributed by atoms with Crippen LogP contribution >= 0.6 is 0 Å². The molecule has 0 saturated heterocycles. The van der Waals surface area contributed by atoms with E-state index in [1.165, 1.54) is 0 Å². The number of rotatable bonds is 5. The second kappa shape index (κ2) is 5.44. The molecule has 0 fully saturated rings. The second-order valence-corrected chi connectivity index (χ2v) is 3.10. The Balaban J connectivity index is 2.68. The van der Waals surface area contributed by atoms with Crippen LogP contribution in [-0.4, -0.2) is 29.8 Å². The summed E-state index contributed by atoms with van der Waals surface area (Å²) >= 11 is 0. The first-order chi connectivity index (χ1) is 6.77. The molecule has 0 unspecified atom stereocenters. The molecule has 0 aliphatic heterocycles. The Morgan fingerprint density at radius 3 is 2.93 bits per heavy atom. The molecule has 0 saturated carbocycles. The minimum atomic E-state index is 0.207. The van der Waals surface area contributed by atoms with Gasteiger partial charge in [0.25, 0.3) is 0 Å². The van der Waals surface area contributed by atoms with Crippen LogP contribution < -0.4 is 10.6 Å². The number of nitrogens with two attached hydrogens (primary N) is 1. The van der Waals surface area contributed by atoms with Gasteiger partial charge in [-0.05, 0) is 19.4 Å². The van der Waals surface area contributed by atoms with Crippen molar-refractivity contribution >= 4 is 11.5 Å². The van der Waals surface area contributed by atoms with Crippen molar-refractivity contribution in [3.05, 3.63) is 18.3 Å². The highest BCUT2D eigenvalue weighted by Gasteiger charge is 2.04. The third kappa shape index (κ3) is 2.88. The van der Waals surface area contributed by atoms with Gasteiger partial charge in [-0.3, -0.25) is 0 Å². The van der Waals surface area contributed by atoms with Crippen LogP contribution in [0.2, 0.25) is 0 Å². The van der Waals surface area contributed by atoms with E-state index in [4.69, 9.17) is 10.8 Å². The molecule has 4 heteroatoms. The average Bonchev–Trinajstić information content (AvgIpc) is 2.19. The lowest BCUT2D eigenvalue weighted by Gasteiger charge is -2.21. The standard InChI is InChI=1S/C10H17N3O/c1-2-13(6-3-7-14)10-8-9(11)4-5-12-10/h4-5,8,14H,2-3,6-7H2,1H3,(H2,11,12). The van der Waals surface area contributed by atoms with Crippen molar-refractivity contribution in [1.82, 2.24) is 4.98 Å². The Kier molecular flexibility index (Phi) is 4.19. The average molecular weight is 195 g/mol. The molecule has 0 aliphatic carbocycles.